The molecule has 0 aliphatic rings. The second kappa shape index (κ2) is 6.39. The number of nitrogens with one attached hydrogen (secondary N) is 2. The third-order valence-electron chi connectivity index (χ3n) is 3.59. The van der Waals surface area contributed by atoms with Gasteiger partial charge in [-0.3, -0.25) is 10.00 Å². The van der Waals surface area contributed by atoms with Gasteiger partial charge in [0, 0.05) is 18.9 Å². The second-order valence-corrected chi connectivity index (χ2v) is 6.69. The molecule has 0 atom stereocenters. The summed E-state index contributed by atoms with van der Waals surface area (Å²) in [7, 11) is 1.79. The van der Waals surface area contributed by atoms with E-state index in [4.69, 9.17) is 4.42 Å². The zero-order valence-corrected chi connectivity index (χ0v) is 14.6. The lowest BCUT2D eigenvalue weighted by Gasteiger charge is -2.19. The van der Waals surface area contributed by atoms with Gasteiger partial charge < -0.3 is 9.73 Å². The molecule has 0 bridgehead atoms. The van der Waals surface area contributed by atoms with Gasteiger partial charge in [0.1, 0.15) is 5.69 Å². The molecular weight excluding hydrogens is 320 g/mol. The van der Waals surface area contributed by atoms with Gasteiger partial charge in [-0.25, -0.2) is 4.79 Å². The van der Waals surface area contributed by atoms with Crippen LogP contribution in [0.5, 0.6) is 0 Å². The number of hydrogen-bond acceptors (Lipinski definition) is 5. The molecule has 8 heteroatoms. The lowest BCUT2D eigenvalue weighted by molar-refractivity contribution is 0.261. The summed E-state index contributed by atoms with van der Waals surface area (Å²) >= 11 is 0. The van der Waals surface area contributed by atoms with E-state index in [1.54, 1.807) is 24.0 Å². The molecule has 2 amide bonds. The zero-order valence-electron chi connectivity index (χ0n) is 14.6. The van der Waals surface area contributed by atoms with Crippen molar-refractivity contribution in [1.29, 1.82) is 0 Å². The highest BCUT2D eigenvalue weighted by Crippen LogP contribution is 2.23. The molecule has 2 heterocycles. The smallest absolute Gasteiger partial charge is 0.327 e. The van der Waals surface area contributed by atoms with Crippen molar-refractivity contribution in [2.75, 3.05) is 10.6 Å². The number of amides is 2. The van der Waals surface area contributed by atoms with E-state index in [9.17, 15) is 4.79 Å². The van der Waals surface area contributed by atoms with E-state index < -0.39 is 6.03 Å². The predicted octanol–water partition coefficient (Wildman–Crippen LogP) is 3.41. The number of carbonyl (C=O) groups is 1. The highest BCUT2D eigenvalue weighted by molar-refractivity contribution is 5.98. The Morgan fingerprint density at radius 3 is 2.40 bits per heavy atom. The molecule has 2 N–H and O–H groups in total. The van der Waals surface area contributed by atoms with E-state index in [1.807, 2.05) is 24.3 Å². The Kier molecular flexibility index (Phi) is 4.26. The Balaban J connectivity index is 1.62. The Morgan fingerprint density at radius 2 is 1.80 bits per heavy atom. The fourth-order valence-electron chi connectivity index (χ4n) is 2.22. The molecule has 3 rings (SSSR count). The number of nitrogens with zero attached hydrogens (tertiary/aromatic N) is 4. The van der Waals surface area contributed by atoms with Crippen molar-refractivity contribution in [3.63, 3.8) is 0 Å². The van der Waals surface area contributed by atoms with Crippen LogP contribution in [-0.2, 0) is 12.5 Å². The summed E-state index contributed by atoms with van der Waals surface area (Å²) in [6.45, 7) is 6.41. The SMILES string of the molecule is Cn1ccc(-c2nnc(NC(=O)Nc3ccc(C(C)(C)C)cc3)o2)n1. The van der Waals surface area contributed by atoms with E-state index in [0.717, 1.165) is 0 Å². The van der Waals surface area contributed by atoms with Crippen LogP contribution < -0.4 is 10.6 Å². The van der Waals surface area contributed by atoms with Gasteiger partial charge in [0.25, 0.3) is 5.89 Å². The maximum absolute atomic E-state index is 12.0. The number of carbonyl (C=O) groups excluding carboxylic acids is 1. The fourth-order valence-corrected chi connectivity index (χ4v) is 2.22. The summed E-state index contributed by atoms with van der Waals surface area (Å²) in [6.07, 6.45) is 1.76. The lowest BCUT2D eigenvalue weighted by Crippen LogP contribution is -2.19. The lowest BCUT2D eigenvalue weighted by atomic mass is 9.87. The van der Waals surface area contributed by atoms with Gasteiger partial charge in [0.05, 0.1) is 0 Å². The summed E-state index contributed by atoms with van der Waals surface area (Å²) in [5, 5.41) is 17.0. The van der Waals surface area contributed by atoms with Crippen LogP contribution >= 0.6 is 0 Å². The van der Waals surface area contributed by atoms with Gasteiger partial charge in [-0.2, -0.15) is 5.10 Å². The number of anilines is 2. The quantitative estimate of drug-likeness (QED) is 0.761. The minimum atomic E-state index is -0.459. The summed E-state index contributed by atoms with van der Waals surface area (Å²) < 4.78 is 7.01. The number of hydrogen-bond donors (Lipinski definition) is 2. The van der Waals surface area contributed by atoms with Crippen LogP contribution in [0, 0.1) is 0 Å². The first-order valence-corrected chi connectivity index (χ1v) is 7.83. The molecule has 0 saturated carbocycles. The third kappa shape index (κ3) is 4.03. The average Bonchev–Trinajstić information content (AvgIpc) is 3.15. The van der Waals surface area contributed by atoms with Gasteiger partial charge in [0.15, 0.2) is 0 Å². The molecule has 25 heavy (non-hydrogen) atoms. The Hall–Kier alpha value is -3.16. The number of benzene rings is 1. The largest absolute Gasteiger partial charge is 0.401 e. The van der Waals surface area contributed by atoms with Gasteiger partial charge in [-0.05, 0) is 29.2 Å². The first kappa shape index (κ1) is 16.7. The molecule has 1 aromatic carbocycles. The fraction of sp³-hybridized carbons (Fsp3) is 0.294. The van der Waals surface area contributed by atoms with E-state index in [-0.39, 0.29) is 17.3 Å². The van der Waals surface area contributed by atoms with Crippen molar-refractivity contribution in [3.05, 3.63) is 42.1 Å². The summed E-state index contributed by atoms with van der Waals surface area (Å²) in [5.41, 5.74) is 2.47. The monoisotopic (exact) mass is 340 g/mol. The highest BCUT2D eigenvalue weighted by Gasteiger charge is 2.15. The normalized spacial score (nSPS) is 11.4. The average molecular weight is 340 g/mol. The number of urea groups is 1. The first-order valence-electron chi connectivity index (χ1n) is 7.83. The minimum Gasteiger partial charge on any atom is -0.401 e. The van der Waals surface area contributed by atoms with Crippen molar-refractivity contribution < 1.29 is 9.21 Å². The molecule has 0 unspecified atom stereocenters. The van der Waals surface area contributed by atoms with Gasteiger partial charge in [-0.1, -0.05) is 38.0 Å². The Bertz CT molecular complexity index is 873. The number of aromatic nitrogens is 4. The molecule has 3 aromatic rings. The molecule has 0 spiro atoms. The summed E-state index contributed by atoms with van der Waals surface area (Å²) in [4.78, 5) is 12.0. The van der Waals surface area contributed by atoms with Crippen molar-refractivity contribution in [3.8, 4) is 11.6 Å². The van der Waals surface area contributed by atoms with Crippen LogP contribution in [0.1, 0.15) is 26.3 Å². The van der Waals surface area contributed by atoms with Gasteiger partial charge in [-0.15, -0.1) is 5.10 Å². The van der Waals surface area contributed by atoms with Crippen LogP contribution in [-0.4, -0.2) is 26.0 Å². The van der Waals surface area contributed by atoms with Gasteiger partial charge >= 0.3 is 12.0 Å². The molecule has 130 valence electrons. The molecule has 0 aliphatic heterocycles. The molecule has 0 saturated heterocycles. The summed E-state index contributed by atoms with van der Waals surface area (Å²) in [5.74, 6) is 0.241. The number of aryl methyl sites for hydroxylation is 1. The van der Waals surface area contributed by atoms with Crippen molar-refractivity contribution >= 4 is 17.7 Å². The van der Waals surface area contributed by atoms with Crippen LogP contribution in [0.15, 0.2) is 40.9 Å². The van der Waals surface area contributed by atoms with Crippen LogP contribution in [0.2, 0.25) is 0 Å². The zero-order chi connectivity index (χ0) is 18.0. The molecule has 2 aromatic heterocycles. The van der Waals surface area contributed by atoms with Crippen molar-refractivity contribution in [2.45, 2.75) is 26.2 Å². The molecular formula is C17H20N6O2. The van der Waals surface area contributed by atoms with E-state index in [2.05, 4.69) is 46.7 Å². The van der Waals surface area contributed by atoms with Crippen molar-refractivity contribution in [1.82, 2.24) is 20.0 Å². The topological polar surface area (TPSA) is 97.9 Å². The van der Waals surface area contributed by atoms with Crippen LogP contribution in [0.3, 0.4) is 0 Å². The molecule has 0 radical (unpaired) electrons. The number of rotatable bonds is 3. The van der Waals surface area contributed by atoms with E-state index in [0.29, 0.717) is 11.4 Å². The molecule has 0 fully saturated rings. The van der Waals surface area contributed by atoms with Crippen LogP contribution in [0.25, 0.3) is 11.6 Å². The van der Waals surface area contributed by atoms with Crippen molar-refractivity contribution in [2.24, 2.45) is 7.05 Å². The maximum Gasteiger partial charge on any atom is 0.327 e. The molecule has 0 aliphatic carbocycles. The third-order valence-corrected chi connectivity index (χ3v) is 3.59. The van der Waals surface area contributed by atoms with E-state index >= 15 is 0 Å². The first-order chi connectivity index (χ1) is 11.8. The summed E-state index contributed by atoms with van der Waals surface area (Å²) in [6, 6.07) is 8.97. The van der Waals surface area contributed by atoms with Gasteiger partial charge in [0.2, 0.25) is 0 Å². The standard InChI is InChI=1S/C17H20N6O2/c1-17(2,3)11-5-7-12(8-6-11)18-15(24)19-16-21-20-14(25-16)13-9-10-23(4)22-13/h5-10H,1-4H3,(H2,18,19,21,24). The molecule has 8 nitrogen and oxygen atoms in total. The maximum atomic E-state index is 12.0. The van der Waals surface area contributed by atoms with E-state index in [1.165, 1.54) is 5.56 Å². The second-order valence-electron chi connectivity index (χ2n) is 6.69. The predicted molar refractivity (Wildman–Crippen MR) is 94.3 cm³/mol. The Labute approximate surface area is 145 Å². The Morgan fingerprint density at radius 1 is 1.08 bits per heavy atom. The highest BCUT2D eigenvalue weighted by atomic mass is 16.4. The minimum absolute atomic E-state index is 0.00413. The van der Waals surface area contributed by atoms with Crippen LogP contribution in [0.4, 0.5) is 16.5 Å².